The van der Waals surface area contributed by atoms with Crippen LogP contribution < -0.4 is 0 Å². The number of hydrogen-bond donors (Lipinski definition) is 0. The molecule has 2 saturated heterocycles. The molecule has 4 rings (SSSR count). The first-order valence-electron chi connectivity index (χ1n) is 11.7. The molecule has 1 aromatic carbocycles. The van der Waals surface area contributed by atoms with Gasteiger partial charge >= 0.3 is 6.03 Å². The first kappa shape index (κ1) is 23.1. The van der Waals surface area contributed by atoms with Crippen LogP contribution in [0.5, 0.6) is 0 Å². The Bertz CT molecular complexity index is 931. The molecule has 0 aliphatic carbocycles. The number of likely N-dealkylation sites (N-methyl/N-ethyl adjacent to an activating group) is 1. The van der Waals surface area contributed by atoms with E-state index in [-0.39, 0.29) is 11.9 Å². The van der Waals surface area contributed by atoms with Crippen LogP contribution in [0.4, 0.5) is 4.79 Å². The lowest BCUT2D eigenvalue weighted by Gasteiger charge is -2.42. The van der Waals surface area contributed by atoms with Gasteiger partial charge in [-0.2, -0.15) is 0 Å². The van der Waals surface area contributed by atoms with Crippen LogP contribution in [0.1, 0.15) is 38.1 Å². The van der Waals surface area contributed by atoms with Crippen molar-refractivity contribution in [3.63, 3.8) is 0 Å². The molecule has 2 fully saturated rings. The van der Waals surface area contributed by atoms with Crippen molar-refractivity contribution in [1.82, 2.24) is 24.6 Å². The fourth-order valence-electron chi connectivity index (χ4n) is 4.72. The summed E-state index contributed by atoms with van der Waals surface area (Å²) >= 11 is 1.74. The average Bonchev–Trinajstić information content (AvgIpc) is 3.24. The summed E-state index contributed by atoms with van der Waals surface area (Å²) in [5, 5.41) is 1.11. The Morgan fingerprint density at radius 3 is 2.50 bits per heavy atom. The molecule has 174 valence electrons. The molecule has 2 aliphatic rings. The normalized spacial score (nSPS) is 19.4. The summed E-state index contributed by atoms with van der Waals surface area (Å²) in [6, 6.07) is 8.13. The number of imide groups is 1. The maximum Gasteiger partial charge on any atom is 0.327 e. The lowest BCUT2D eigenvalue weighted by Crippen LogP contribution is -2.56. The van der Waals surface area contributed by atoms with Gasteiger partial charge in [0, 0.05) is 32.7 Å². The van der Waals surface area contributed by atoms with E-state index in [0.29, 0.717) is 38.4 Å². The van der Waals surface area contributed by atoms with Gasteiger partial charge in [-0.05, 0) is 51.4 Å². The molecule has 0 N–H and O–H groups in total. The Labute approximate surface area is 195 Å². The molecule has 2 aromatic rings. The number of fused-ring (bicyclic) bond motifs is 1. The molecule has 8 heteroatoms. The summed E-state index contributed by atoms with van der Waals surface area (Å²) < 4.78 is 1.21. The molecule has 3 heterocycles. The zero-order valence-corrected chi connectivity index (χ0v) is 20.5. The number of carbonyl (C=O) groups is 2. The number of thiazole rings is 1. The van der Waals surface area contributed by atoms with E-state index >= 15 is 0 Å². The number of piperidine rings is 1. The van der Waals surface area contributed by atoms with Crippen molar-refractivity contribution in [2.45, 2.75) is 45.2 Å². The minimum atomic E-state index is -0.678. The highest BCUT2D eigenvalue weighted by Gasteiger charge is 2.57. The van der Waals surface area contributed by atoms with Crippen molar-refractivity contribution in [1.29, 1.82) is 0 Å². The van der Waals surface area contributed by atoms with Crippen LogP contribution in [0.3, 0.4) is 0 Å². The van der Waals surface area contributed by atoms with E-state index in [0.717, 1.165) is 36.6 Å². The number of aromatic nitrogens is 1. The zero-order valence-electron chi connectivity index (χ0n) is 19.7. The van der Waals surface area contributed by atoms with Crippen LogP contribution in [-0.2, 0) is 11.3 Å². The van der Waals surface area contributed by atoms with E-state index in [1.54, 1.807) is 11.3 Å². The van der Waals surface area contributed by atoms with Crippen molar-refractivity contribution in [2.75, 3.05) is 46.8 Å². The number of para-hydroxylation sites is 1. The van der Waals surface area contributed by atoms with Gasteiger partial charge in [-0.3, -0.25) is 14.6 Å². The van der Waals surface area contributed by atoms with Gasteiger partial charge < -0.3 is 9.80 Å². The highest BCUT2D eigenvalue weighted by molar-refractivity contribution is 7.18. The van der Waals surface area contributed by atoms with E-state index < -0.39 is 5.54 Å². The quantitative estimate of drug-likeness (QED) is 0.568. The highest BCUT2D eigenvalue weighted by atomic mass is 32.1. The second kappa shape index (κ2) is 9.45. The molecule has 0 radical (unpaired) electrons. The van der Waals surface area contributed by atoms with Crippen LogP contribution in [0, 0.1) is 5.92 Å². The van der Waals surface area contributed by atoms with E-state index in [2.05, 4.69) is 30.9 Å². The average molecular weight is 458 g/mol. The molecule has 1 aromatic heterocycles. The summed E-state index contributed by atoms with van der Waals surface area (Å²) in [5.41, 5.74) is 0.372. The number of benzene rings is 1. The van der Waals surface area contributed by atoms with Gasteiger partial charge in [0.05, 0.1) is 16.8 Å². The fourth-order valence-corrected chi connectivity index (χ4v) is 5.73. The van der Waals surface area contributed by atoms with Crippen LogP contribution in [-0.4, -0.2) is 88.9 Å². The van der Waals surface area contributed by atoms with Crippen molar-refractivity contribution < 1.29 is 9.59 Å². The lowest BCUT2D eigenvalue weighted by atomic mass is 9.85. The van der Waals surface area contributed by atoms with Crippen molar-refractivity contribution in [2.24, 2.45) is 5.92 Å². The zero-order chi connectivity index (χ0) is 22.9. The lowest BCUT2D eigenvalue weighted by molar-refractivity contribution is -0.135. The van der Waals surface area contributed by atoms with Crippen LogP contribution in [0.25, 0.3) is 10.2 Å². The molecule has 32 heavy (non-hydrogen) atoms. The van der Waals surface area contributed by atoms with Crippen LogP contribution >= 0.6 is 11.3 Å². The largest absolute Gasteiger partial charge is 0.327 e. The molecule has 2 aliphatic heterocycles. The molecular formula is C24H35N5O2S. The minimum Gasteiger partial charge on any atom is -0.309 e. The monoisotopic (exact) mass is 457 g/mol. The molecule has 0 saturated carbocycles. The van der Waals surface area contributed by atoms with Crippen LogP contribution in [0.15, 0.2) is 24.3 Å². The van der Waals surface area contributed by atoms with E-state index in [4.69, 9.17) is 4.98 Å². The first-order chi connectivity index (χ1) is 15.3. The van der Waals surface area contributed by atoms with E-state index in [1.165, 1.54) is 9.60 Å². The molecule has 0 unspecified atom stereocenters. The highest BCUT2D eigenvalue weighted by Crippen LogP contribution is 2.38. The maximum absolute atomic E-state index is 13.6. The summed E-state index contributed by atoms with van der Waals surface area (Å²) in [6.07, 6.45) is 2.30. The van der Waals surface area contributed by atoms with Crippen molar-refractivity contribution >= 4 is 33.5 Å². The number of amides is 3. The SMILES string of the molecule is CC(C)CCN1C(=O)N(CCN(C)C)C(=O)C12CCN(Cc1nc3ccccc3s1)CC2. The molecule has 0 atom stereocenters. The number of carbonyl (C=O) groups excluding carboxylic acids is 2. The first-order valence-corrected chi connectivity index (χ1v) is 12.5. The number of nitrogens with zero attached hydrogens (tertiary/aromatic N) is 5. The predicted molar refractivity (Wildman–Crippen MR) is 129 cm³/mol. The number of likely N-dealkylation sites (tertiary alicyclic amines) is 1. The van der Waals surface area contributed by atoms with Gasteiger partial charge in [0.2, 0.25) is 0 Å². The van der Waals surface area contributed by atoms with Crippen molar-refractivity contribution in [3.8, 4) is 0 Å². The second-order valence-corrected chi connectivity index (χ2v) is 10.9. The van der Waals surface area contributed by atoms with Gasteiger partial charge in [-0.1, -0.05) is 26.0 Å². The van der Waals surface area contributed by atoms with E-state index in [9.17, 15) is 9.59 Å². The van der Waals surface area contributed by atoms with Gasteiger partial charge in [0.25, 0.3) is 5.91 Å². The van der Waals surface area contributed by atoms with Gasteiger partial charge in [0.1, 0.15) is 10.5 Å². The third kappa shape index (κ3) is 4.54. The Kier molecular flexibility index (Phi) is 6.83. The Morgan fingerprint density at radius 1 is 1.12 bits per heavy atom. The number of urea groups is 1. The molecule has 7 nitrogen and oxygen atoms in total. The standard InChI is InChI=1S/C24H35N5O2S/c1-18(2)9-12-29-23(31)28(16-15-26(3)4)22(30)24(29)10-13-27(14-11-24)17-21-25-19-7-5-6-8-20(19)32-21/h5-8,18H,9-17H2,1-4H3. The predicted octanol–water partition coefficient (Wildman–Crippen LogP) is 3.50. The third-order valence-corrected chi connectivity index (χ3v) is 7.72. The Hall–Kier alpha value is -2.03. The summed E-state index contributed by atoms with van der Waals surface area (Å²) in [6.45, 7) is 8.53. The van der Waals surface area contributed by atoms with E-state index in [1.807, 2.05) is 36.0 Å². The smallest absolute Gasteiger partial charge is 0.309 e. The third-order valence-electron chi connectivity index (χ3n) is 6.70. The molecular weight excluding hydrogens is 422 g/mol. The maximum atomic E-state index is 13.6. The van der Waals surface area contributed by atoms with Crippen LogP contribution in [0.2, 0.25) is 0 Å². The summed E-state index contributed by atoms with van der Waals surface area (Å²) in [7, 11) is 3.94. The topological polar surface area (TPSA) is 60.0 Å². The second-order valence-electron chi connectivity index (χ2n) is 9.76. The van der Waals surface area contributed by atoms with Gasteiger partial charge in [0.15, 0.2) is 0 Å². The summed E-state index contributed by atoms with van der Waals surface area (Å²) in [4.78, 5) is 39.4. The van der Waals surface area contributed by atoms with Gasteiger partial charge in [-0.15, -0.1) is 11.3 Å². The number of rotatable bonds is 8. The van der Waals surface area contributed by atoms with Crippen molar-refractivity contribution in [3.05, 3.63) is 29.3 Å². The van der Waals surface area contributed by atoms with Gasteiger partial charge in [-0.25, -0.2) is 9.78 Å². The Balaban J connectivity index is 1.47. The molecule has 0 bridgehead atoms. The molecule has 3 amide bonds. The Morgan fingerprint density at radius 2 is 1.84 bits per heavy atom. The molecule has 1 spiro atoms. The summed E-state index contributed by atoms with van der Waals surface area (Å²) in [5.74, 6) is 0.498. The number of hydrogen-bond acceptors (Lipinski definition) is 6. The fraction of sp³-hybridized carbons (Fsp3) is 0.625. The minimum absolute atomic E-state index is 0.00717.